The van der Waals surface area contributed by atoms with Gasteiger partial charge >= 0.3 is 0 Å². The van der Waals surface area contributed by atoms with Gasteiger partial charge in [0.25, 0.3) is 5.91 Å². The van der Waals surface area contributed by atoms with E-state index in [1.165, 1.54) is 11.3 Å². The molecule has 2 aromatic carbocycles. The Morgan fingerprint density at radius 1 is 1.00 bits per heavy atom. The highest BCUT2D eigenvalue weighted by Crippen LogP contribution is 2.27. The zero-order valence-electron chi connectivity index (χ0n) is 17.5. The van der Waals surface area contributed by atoms with Crippen molar-refractivity contribution in [2.75, 3.05) is 19.6 Å². The Morgan fingerprint density at radius 2 is 1.75 bits per heavy atom. The molecule has 32 heavy (non-hydrogen) atoms. The van der Waals surface area contributed by atoms with E-state index in [-0.39, 0.29) is 5.91 Å². The molecule has 1 amide bonds. The number of sulfonamides is 1. The van der Waals surface area contributed by atoms with Gasteiger partial charge in [-0.1, -0.05) is 30.3 Å². The van der Waals surface area contributed by atoms with E-state index in [4.69, 9.17) is 0 Å². The summed E-state index contributed by atoms with van der Waals surface area (Å²) in [4.78, 5) is 19.1. The smallest absolute Gasteiger partial charge is 0.261 e. The molecule has 5 rings (SSSR count). The van der Waals surface area contributed by atoms with Crippen LogP contribution in [0.5, 0.6) is 0 Å². The lowest BCUT2D eigenvalue weighted by atomic mass is 10.1. The molecule has 0 bridgehead atoms. The number of carbonyl (C=O) groups is 1. The first-order chi connectivity index (χ1) is 15.5. The average Bonchev–Trinajstić information content (AvgIpc) is 3.48. The molecule has 1 aliphatic heterocycles. The van der Waals surface area contributed by atoms with E-state index >= 15 is 0 Å². The highest BCUT2D eigenvalue weighted by molar-refractivity contribution is 7.89. The second-order valence-electron chi connectivity index (χ2n) is 7.95. The predicted octanol–water partition coefficient (Wildman–Crippen LogP) is 4.21. The third-order valence-electron chi connectivity index (χ3n) is 5.76. The maximum Gasteiger partial charge on any atom is 0.261 e. The standard InChI is InChI=1S/C24H23N3O3S2/c28-23(22-16-19-15-18-5-1-2-6-21(18)26-24(19)31-22)25-12-11-17-7-9-20(10-8-17)32(29,30)27-13-3-4-14-27/h1-2,5-10,15-16H,3-4,11-14H2,(H,25,28). The number of pyridine rings is 1. The largest absolute Gasteiger partial charge is 0.351 e. The van der Waals surface area contributed by atoms with Crippen molar-refractivity contribution in [3.63, 3.8) is 0 Å². The molecule has 164 valence electrons. The Labute approximate surface area is 190 Å². The molecule has 0 saturated carbocycles. The Hall–Kier alpha value is -2.81. The van der Waals surface area contributed by atoms with Gasteiger partial charge in [0.15, 0.2) is 0 Å². The Balaban J connectivity index is 1.21. The summed E-state index contributed by atoms with van der Waals surface area (Å²) < 4.78 is 26.8. The van der Waals surface area contributed by atoms with Crippen molar-refractivity contribution in [1.29, 1.82) is 0 Å². The highest BCUT2D eigenvalue weighted by atomic mass is 32.2. The molecule has 0 atom stereocenters. The van der Waals surface area contributed by atoms with Gasteiger partial charge in [-0.05, 0) is 55.2 Å². The molecule has 1 N–H and O–H groups in total. The van der Waals surface area contributed by atoms with E-state index in [1.807, 2.05) is 42.5 Å². The van der Waals surface area contributed by atoms with Crippen LogP contribution >= 0.6 is 11.3 Å². The number of nitrogens with zero attached hydrogens (tertiary/aromatic N) is 2. The molecular formula is C24H23N3O3S2. The summed E-state index contributed by atoms with van der Waals surface area (Å²) in [6.45, 7) is 1.67. The number of rotatable bonds is 6. The van der Waals surface area contributed by atoms with Crippen LogP contribution < -0.4 is 5.32 Å². The zero-order chi connectivity index (χ0) is 22.1. The number of thiophene rings is 1. The number of benzene rings is 2. The quantitative estimate of drug-likeness (QED) is 0.463. The summed E-state index contributed by atoms with van der Waals surface area (Å²) >= 11 is 1.39. The van der Waals surface area contributed by atoms with E-state index < -0.39 is 10.0 Å². The number of hydrogen-bond acceptors (Lipinski definition) is 5. The monoisotopic (exact) mass is 465 g/mol. The number of aromatic nitrogens is 1. The lowest BCUT2D eigenvalue weighted by molar-refractivity contribution is 0.0958. The van der Waals surface area contributed by atoms with Crippen molar-refractivity contribution in [3.8, 4) is 0 Å². The summed E-state index contributed by atoms with van der Waals surface area (Å²) in [7, 11) is -3.39. The second kappa shape index (κ2) is 8.61. The highest BCUT2D eigenvalue weighted by Gasteiger charge is 2.26. The van der Waals surface area contributed by atoms with Crippen molar-refractivity contribution in [3.05, 3.63) is 71.1 Å². The van der Waals surface area contributed by atoms with Gasteiger partial charge in [0.05, 0.1) is 15.3 Å². The summed E-state index contributed by atoms with van der Waals surface area (Å²) in [5.41, 5.74) is 1.90. The zero-order valence-corrected chi connectivity index (χ0v) is 19.1. The van der Waals surface area contributed by atoms with Crippen LogP contribution in [0, 0.1) is 0 Å². The van der Waals surface area contributed by atoms with Gasteiger partial charge in [-0.3, -0.25) is 4.79 Å². The number of hydrogen-bond donors (Lipinski definition) is 1. The van der Waals surface area contributed by atoms with Gasteiger partial charge in [0.2, 0.25) is 10.0 Å². The summed E-state index contributed by atoms with van der Waals surface area (Å²) in [6.07, 6.45) is 2.47. The van der Waals surface area contributed by atoms with Crippen LogP contribution in [-0.4, -0.2) is 43.2 Å². The summed E-state index contributed by atoms with van der Waals surface area (Å²) in [5.74, 6) is -0.120. The molecule has 0 unspecified atom stereocenters. The van der Waals surface area contributed by atoms with Gasteiger partial charge < -0.3 is 5.32 Å². The average molecular weight is 466 g/mol. The molecule has 6 nitrogen and oxygen atoms in total. The van der Waals surface area contributed by atoms with Crippen molar-refractivity contribution in [2.45, 2.75) is 24.2 Å². The molecule has 1 saturated heterocycles. The second-order valence-corrected chi connectivity index (χ2v) is 10.9. The van der Waals surface area contributed by atoms with Crippen LogP contribution in [0.15, 0.2) is 65.6 Å². The minimum atomic E-state index is -3.39. The van der Waals surface area contributed by atoms with E-state index in [1.54, 1.807) is 16.4 Å². The summed E-state index contributed by atoms with van der Waals surface area (Å²) in [6, 6.07) is 18.8. The van der Waals surface area contributed by atoms with Crippen LogP contribution in [-0.2, 0) is 16.4 Å². The van der Waals surface area contributed by atoms with Gasteiger partial charge in [0, 0.05) is 30.4 Å². The number of nitrogens with one attached hydrogen (secondary N) is 1. The van der Waals surface area contributed by atoms with Gasteiger partial charge in [-0.2, -0.15) is 4.31 Å². The van der Waals surface area contributed by atoms with E-state index in [2.05, 4.69) is 16.4 Å². The first-order valence-corrected chi connectivity index (χ1v) is 12.9. The van der Waals surface area contributed by atoms with Crippen LogP contribution in [0.4, 0.5) is 0 Å². The Morgan fingerprint density at radius 3 is 2.53 bits per heavy atom. The number of amides is 1. The van der Waals surface area contributed by atoms with Crippen molar-refractivity contribution in [1.82, 2.24) is 14.6 Å². The Kier molecular flexibility index (Phi) is 5.67. The maximum absolute atomic E-state index is 12.6. The van der Waals surface area contributed by atoms with Gasteiger partial charge in [-0.25, -0.2) is 13.4 Å². The fourth-order valence-electron chi connectivity index (χ4n) is 4.00. The first kappa shape index (κ1) is 21.1. The minimum absolute atomic E-state index is 0.120. The lowest BCUT2D eigenvalue weighted by Crippen LogP contribution is -2.27. The number of para-hydroxylation sites is 1. The molecule has 0 spiro atoms. The predicted molar refractivity (Wildman–Crippen MR) is 128 cm³/mol. The number of fused-ring (bicyclic) bond motifs is 2. The lowest BCUT2D eigenvalue weighted by Gasteiger charge is -2.15. The minimum Gasteiger partial charge on any atom is -0.351 e. The molecule has 1 aliphatic rings. The molecule has 1 fully saturated rings. The van der Waals surface area contributed by atoms with Crippen LogP contribution in [0.1, 0.15) is 28.1 Å². The molecule has 4 aromatic rings. The fourth-order valence-corrected chi connectivity index (χ4v) is 6.46. The third kappa shape index (κ3) is 4.13. The van der Waals surface area contributed by atoms with Crippen molar-refractivity contribution < 1.29 is 13.2 Å². The fraction of sp³-hybridized carbons (Fsp3) is 0.250. The van der Waals surface area contributed by atoms with E-state index in [0.717, 1.165) is 39.5 Å². The molecule has 0 aliphatic carbocycles. The van der Waals surface area contributed by atoms with Crippen LogP contribution in [0.25, 0.3) is 21.1 Å². The third-order valence-corrected chi connectivity index (χ3v) is 8.72. The molecule has 8 heteroatoms. The first-order valence-electron chi connectivity index (χ1n) is 10.7. The summed E-state index contributed by atoms with van der Waals surface area (Å²) in [5, 5.41) is 4.98. The van der Waals surface area contributed by atoms with E-state index in [9.17, 15) is 13.2 Å². The SMILES string of the molecule is O=C(NCCc1ccc(S(=O)(=O)N2CCCC2)cc1)c1cc2cc3ccccc3nc2s1. The van der Waals surface area contributed by atoms with Gasteiger partial charge in [0.1, 0.15) is 4.83 Å². The Bertz CT molecular complexity index is 1340. The van der Waals surface area contributed by atoms with Crippen LogP contribution in [0.3, 0.4) is 0 Å². The molecule has 3 heterocycles. The van der Waals surface area contributed by atoms with Crippen LogP contribution in [0.2, 0.25) is 0 Å². The van der Waals surface area contributed by atoms with Crippen molar-refractivity contribution in [2.24, 2.45) is 0 Å². The maximum atomic E-state index is 12.6. The number of carbonyl (C=O) groups excluding carboxylic acids is 1. The van der Waals surface area contributed by atoms with Crippen molar-refractivity contribution >= 4 is 48.4 Å². The normalized spacial score (nSPS) is 14.9. The van der Waals surface area contributed by atoms with Gasteiger partial charge in [-0.15, -0.1) is 11.3 Å². The van der Waals surface area contributed by atoms with E-state index in [0.29, 0.717) is 35.8 Å². The molecule has 2 aromatic heterocycles. The molecular weight excluding hydrogens is 442 g/mol. The topological polar surface area (TPSA) is 79.4 Å². The molecule has 0 radical (unpaired) electrons.